The quantitative estimate of drug-likeness (QED) is 0.711. The minimum atomic E-state index is -0.670. The first-order valence-corrected chi connectivity index (χ1v) is 7.30. The molecule has 1 atom stereocenters. The molecule has 0 amide bonds. The lowest BCUT2D eigenvalue weighted by Gasteiger charge is -2.30. The first-order chi connectivity index (χ1) is 10.2. The molecule has 0 saturated heterocycles. The summed E-state index contributed by atoms with van der Waals surface area (Å²) in [5.74, 6) is 0.699. The van der Waals surface area contributed by atoms with Crippen molar-refractivity contribution >= 4 is 21.2 Å². The number of rotatable bonds is 6. The molecule has 2 heterocycles. The van der Waals surface area contributed by atoms with Crippen LogP contribution in [-0.2, 0) is 5.22 Å². The first kappa shape index (κ1) is 14.0. The number of ether oxygens (including phenoxy) is 1. The molecule has 21 heavy (non-hydrogen) atoms. The Labute approximate surface area is 126 Å². The highest BCUT2D eigenvalue weighted by atomic mass is 28.1. The molecular formula is C16H16NO3Si. The second-order valence-corrected chi connectivity index (χ2v) is 5.70. The van der Waals surface area contributed by atoms with Crippen LogP contribution in [0.4, 0.5) is 0 Å². The van der Waals surface area contributed by atoms with Crippen LogP contribution in [0.25, 0.3) is 11.0 Å². The summed E-state index contributed by atoms with van der Waals surface area (Å²) in [6.45, 7) is 0.794. The van der Waals surface area contributed by atoms with Gasteiger partial charge in [-0.1, -0.05) is 12.1 Å². The van der Waals surface area contributed by atoms with Gasteiger partial charge in [0.25, 0.3) is 0 Å². The van der Waals surface area contributed by atoms with Crippen molar-refractivity contribution in [1.29, 1.82) is 0 Å². The third-order valence-electron chi connectivity index (χ3n) is 3.44. The second-order valence-electron chi connectivity index (χ2n) is 4.89. The number of para-hydroxylation sites is 1. The first-order valence-electron chi connectivity index (χ1n) is 6.80. The molecule has 0 spiro atoms. The van der Waals surface area contributed by atoms with E-state index in [0.717, 1.165) is 29.5 Å². The maximum atomic E-state index is 6.24. The topological polar surface area (TPSA) is 47.5 Å². The van der Waals surface area contributed by atoms with Gasteiger partial charge in [0.1, 0.15) is 5.22 Å². The fourth-order valence-corrected chi connectivity index (χ4v) is 2.66. The van der Waals surface area contributed by atoms with Gasteiger partial charge in [0.05, 0.1) is 29.0 Å². The average Bonchev–Trinajstić information content (AvgIpc) is 3.16. The molecule has 5 heteroatoms. The number of benzene rings is 1. The summed E-state index contributed by atoms with van der Waals surface area (Å²) in [6, 6.07) is 9.66. The Morgan fingerprint density at radius 3 is 2.90 bits per heavy atom. The smallest absolute Gasteiger partial charge is 0.175 e. The lowest BCUT2D eigenvalue weighted by Crippen LogP contribution is -2.36. The summed E-state index contributed by atoms with van der Waals surface area (Å²) >= 11 is 0. The average molecular weight is 298 g/mol. The number of nitrogens with one attached hydrogen (secondary N) is 1. The Balaban J connectivity index is 1.96. The number of fused-ring (bicyclic) bond motifs is 1. The van der Waals surface area contributed by atoms with Crippen LogP contribution >= 0.6 is 0 Å². The van der Waals surface area contributed by atoms with Gasteiger partial charge in [0, 0.05) is 10.9 Å². The molecule has 1 N–H and O–H groups in total. The van der Waals surface area contributed by atoms with E-state index in [9.17, 15) is 0 Å². The summed E-state index contributed by atoms with van der Waals surface area (Å²) < 4.78 is 17.0. The van der Waals surface area contributed by atoms with Gasteiger partial charge in [0.2, 0.25) is 0 Å². The van der Waals surface area contributed by atoms with Crippen molar-refractivity contribution in [3.8, 4) is 5.75 Å². The molecule has 0 aliphatic rings. The normalized spacial score (nSPS) is 14.2. The highest BCUT2D eigenvalue weighted by Crippen LogP contribution is 2.34. The molecule has 3 radical (unpaired) electrons. The van der Waals surface area contributed by atoms with E-state index in [1.54, 1.807) is 18.8 Å². The zero-order chi connectivity index (χ0) is 14.7. The van der Waals surface area contributed by atoms with Crippen molar-refractivity contribution in [2.45, 2.75) is 11.6 Å². The highest BCUT2D eigenvalue weighted by molar-refractivity contribution is 6.15. The molecule has 107 valence electrons. The van der Waals surface area contributed by atoms with Crippen molar-refractivity contribution in [3.63, 3.8) is 0 Å². The molecule has 0 saturated carbocycles. The van der Waals surface area contributed by atoms with Crippen LogP contribution < -0.4 is 10.1 Å². The molecule has 0 unspecified atom stereocenters. The van der Waals surface area contributed by atoms with Gasteiger partial charge < -0.3 is 18.9 Å². The van der Waals surface area contributed by atoms with E-state index in [2.05, 4.69) is 15.6 Å². The fourth-order valence-electron chi connectivity index (χ4n) is 2.28. The predicted molar refractivity (Wildman–Crippen MR) is 81.5 cm³/mol. The third-order valence-corrected chi connectivity index (χ3v) is 4.08. The van der Waals surface area contributed by atoms with E-state index in [4.69, 9.17) is 13.6 Å². The lowest BCUT2D eigenvalue weighted by molar-refractivity contribution is 0.146. The minimum absolute atomic E-state index is 0.670. The molecule has 1 aromatic carbocycles. The second kappa shape index (κ2) is 5.79. The highest BCUT2D eigenvalue weighted by Gasteiger charge is 2.30. The molecule has 0 fully saturated rings. The number of hydrogen-bond donors (Lipinski definition) is 1. The van der Waals surface area contributed by atoms with Crippen LogP contribution in [0.3, 0.4) is 0 Å². The van der Waals surface area contributed by atoms with Crippen LogP contribution in [0.5, 0.6) is 5.75 Å². The van der Waals surface area contributed by atoms with Crippen LogP contribution in [-0.4, -0.2) is 23.8 Å². The molecular weight excluding hydrogens is 282 g/mol. The fraction of sp³-hybridized carbons (Fsp3) is 0.250. The summed E-state index contributed by atoms with van der Waals surface area (Å²) in [5, 5.41) is 3.48. The Morgan fingerprint density at radius 1 is 1.24 bits per heavy atom. The van der Waals surface area contributed by atoms with Crippen LogP contribution in [0.2, 0.25) is 0 Å². The largest absolute Gasteiger partial charge is 0.483 e. The van der Waals surface area contributed by atoms with E-state index < -0.39 is 5.22 Å². The molecule has 3 rings (SSSR count). The summed E-state index contributed by atoms with van der Waals surface area (Å²) in [7, 11) is 5.69. The Bertz CT molecular complexity index is 707. The molecule has 3 aromatic rings. The predicted octanol–water partition coefficient (Wildman–Crippen LogP) is 3.04. The van der Waals surface area contributed by atoms with Gasteiger partial charge in [-0.05, 0) is 38.2 Å². The summed E-state index contributed by atoms with van der Waals surface area (Å²) in [4.78, 5) is 0. The maximum absolute atomic E-state index is 6.24. The summed E-state index contributed by atoms with van der Waals surface area (Å²) in [5.41, 5.74) is 1.67. The molecule has 2 aromatic heterocycles. The van der Waals surface area contributed by atoms with Gasteiger partial charge in [-0.15, -0.1) is 0 Å². The SMILES string of the molecule is CNCC[C@@]([Si])(Oc1cccc2ccoc12)c1ccoc1. The lowest BCUT2D eigenvalue weighted by atomic mass is 10.1. The third kappa shape index (κ3) is 2.75. The monoisotopic (exact) mass is 298 g/mol. The zero-order valence-corrected chi connectivity index (χ0v) is 12.8. The van der Waals surface area contributed by atoms with Gasteiger partial charge in [0.15, 0.2) is 11.3 Å². The molecule has 0 bridgehead atoms. The van der Waals surface area contributed by atoms with Crippen molar-refractivity contribution in [3.05, 3.63) is 54.7 Å². The van der Waals surface area contributed by atoms with Gasteiger partial charge in [-0.2, -0.15) is 0 Å². The maximum Gasteiger partial charge on any atom is 0.175 e. The van der Waals surface area contributed by atoms with E-state index in [-0.39, 0.29) is 0 Å². The minimum Gasteiger partial charge on any atom is -0.483 e. The van der Waals surface area contributed by atoms with Crippen molar-refractivity contribution in [2.24, 2.45) is 0 Å². The van der Waals surface area contributed by atoms with Gasteiger partial charge >= 0.3 is 0 Å². The zero-order valence-electron chi connectivity index (χ0n) is 11.8. The van der Waals surface area contributed by atoms with Crippen molar-refractivity contribution in [1.82, 2.24) is 5.32 Å². The van der Waals surface area contributed by atoms with Gasteiger partial charge in [-0.25, -0.2) is 0 Å². The van der Waals surface area contributed by atoms with E-state index in [0.29, 0.717) is 5.75 Å². The Hall–Kier alpha value is -1.98. The van der Waals surface area contributed by atoms with Gasteiger partial charge in [-0.3, -0.25) is 0 Å². The summed E-state index contributed by atoms with van der Waals surface area (Å²) in [6.07, 6.45) is 5.72. The van der Waals surface area contributed by atoms with Crippen molar-refractivity contribution < 1.29 is 13.6 Å². The molecule has 0 aliphatic carbocycles. The standard InChI is InChI=1S/C16H16NO3Si/c1-17-8-7-16(21,13-6-9-18-11-13)20-14-4-2-3-12-5-10-19-15(12)14/h2-6,9-11,17H,7-8H2,1H3/t16-/m0/s1. The Morgan fingerprint density at radius 2 is 2.14 bits per heavy atom. The number of hydrogen-bond acceptors (Lipinski definition) is 4. The van der Waals surface area contributed by atoms with Crippen molar-refractivity contribution in [2.75, 3.05) is 13.6 Å². The molecule has 4 nitrogen and oxygen atoms in total. The Kier molecular flexibility index (Phi) is 3.85. The van der Waals surface area contributed by atoms with Crippen LogP contribution in [0, 0.1) is 0 Å². The number of furan rings is 2. The molecule has 0 aliphatic heterocycles. The van der Waals surface area contributed by atoms with Crippen LogP contribution in [0.1, 0.15) is 12.0 Å². The van der Waals surface area contributed by atoms with Crippen LogP contribution in [0.15, 0.2) is 58.0 Å². The van der Waals surface area contributed by atoms with E-state index >= 15 is 0 Å². The van der Waals surface area contributed by atoms with E-state index in [1.165, 1.54) is 0 Å². The van der Waals surface area contributed by atoms with E-state index in [1.807, 2.05) is 37.4 Å².